The van der Waals surface area contributed by atoms with Crippen LogP contribution < -0.4 is 0 Å². The van der Waals surface area contributed by atoms with Gasteiger partial charge in [-0.2, -0.15) is 0 Å². The minimum atomic E-state index is -0.588. The van der Waals surface area contributed by atoms with Crippen LogP contribution >= 0.6 is 0 Å². The van der Waals surface area contributed by atoms with Gasteiger partial charge in [0, 0.05) is 24.2 Å². The number of ketones is 1. The van der Waals surface area contributed by atoms with E-state index in [1.165, 1.54) is 0 Å². The lowest BCUT2D eigenvalue weighted by Gasteiger charge is -2.36. The highest BCUT2D eigenvalue weighted by Gasteiger charge is 2.64. The molecular formula is C26H26O5. The van der Waals surface area contributed by atoms with Crippen LogP contribution in [-0.4, -0.2) is 29.9 Å². The van der Waals surface area contributed by atoms with E-state index < -0.39 is 24.1 Å². The van der Waals surface area contributed by atoms with Gasteiger partial charge < -0.3 is 9.47 Å². The molecule has 0 amide bonds. The minimum absolute atomic E-state index is 0.0607. The molecule has 160 valence electrons. The zero-order valence-corrected chi connectivity index (χ0v) is 17.7. The summed E-state index contributed by atoms with van der Waals surface area (Å²) in [7, 11) is 0. The molecule has 2 aromatic carbocycles. The summed E-state index contributed by atoms with van der Waals surface area (Å²) >= 11 is 0. The van der Waals surface area contributed by atoms with Crippen LogP contribution in [0.3, 0.4) is 0 Å². The fourth-order valence-electron chi connectivity index (χ4n) is 6.01. The van der Waals surface area contributed by atoms with Crippen LogP contribution in [0.15, 0.2) is 48.5 Å². The number of Topliss-reactive ketones (excluding diaryl/α,β-unsaturated/α-hetero) is 1. The summed E-state index contributed by atoms with van der Waals surface area (Å²) in [6.07, 6.45) is 1.06. The Morgan fingerprint density at radius 1 is 0.806 bits per heavy atom. The van der Waals surface area contributed by atoms with E-state index in [-0.39, 0.29) is 29.5 Å². The van der Waals surface area contributed by atoms with Crippen molar-refractivity contribution >= 4 is 17.7 Å². The van der Waals surface area contributed by atoms with Crippen molar-refractivity contribution in [3.63, 3.8) is 0 Å². The van der Waals surface area contributed by atoms with Crippen molar-refractivity contribution in [1.29, 1.82) is 0 Å². The maximum atomic E-state index is 12.9. The van der Waals surface area contributed by atoms with Crippen LogP contribution in [0, 0.1) is 37.5 Å². The zero-order chi connectivity index (χ0) is 21.7. The topological polar surface area (TPSA) is 69.7 Å². The van der Waals surface area contributed by atoms with Gasteiger partial charge in [-0.15, -0.1) is 0 Å². The van der Waals surface area contributed by atoms with Gasteiger partial charge in [-0.05, 0) is 56.9 Å². The maximum absolute atomic E-state index is 12.9. The van der Waals surface area contributed by atoms with Gasteiger partial charge in [-0.25, -0.2) is 9.59 Å². The first kappa shape index (κ1) is 20.0. The van der Waals surface area contributed by atoms with Crippen molar-refractivity contribution in [1.82, 2.24) is 0 Å². The van der Waals surface area contributed by atoms with Gasteiger partial charge in [0.25, 0.3) is 0 Å². The number of hydrogen-bond donors (Lipinski definition) is 0. The molecule has 5 rings (SSSR count). The predicted molar refractivity (Wildman–Crippen MR) is 114 cm³/mol. The van der Waals surface area contributed by atoms with E-state index >= 15 is 0 Å². The third-order valence-corrected chi connectivity index (χ3v) is 7.27. The molecule has 0 radical (unpaired) electrons. The first-order chi connectivity index (χ1) is 14.9. The molecule has 0 aliphatic heterocycles. The smallest absolute Gasteiger partial charge is 0.338 e. The van der Waals surface area contributed by atoms with Crippen molar-refractivity contribution in [2.45, 2.75) is 45.3 Å². The molecule has 6 unspecified atom stereocenters. The summed E-state index contributed by atoms with van der Waals surface area (Å²) in [5.41, 5.74) is 2.91. The molecule has 5 heteroatoms. The Morgan fingerprint density at radius 2 is 1.35 bits per heavy atom. The molecule has 2 bridgehead atoms. The molecule has 3 saturated carbocycles. The van der Waals surface area contributed by atoms with Crippen molar-refractivity contribution in [2.75, 3.05) is 0 Å². The molecule has 0 heterocycles. The first-order valence-corrected chi connectivity index (χ1v) is 11.0. The van der Waals surface area contributed by atoms with Crippen LogP contribution in [0.4, 0.5) is 0 Å². The van der Waals surface area contributed by atoms with Crippen LogP contribution in [0.5, 0.6) is 0 Å². The van der Waals surface area contributed by atoms with E-state index in [1.54, 1.807) is 24.3 Å². The molecule has 3 aliphatic rings. The van der Waals surface area contributed by atoms with Gasteiger partial charge >= 0.3 is 11.9 Å². The SMILES string of the molecule is Cc1cccc(C(=O)OC2C3CC(C2OC(=O)c2cccc(C)c2)C2C(=O)CCC32)c1. The van der Waals surface area contributed by atoms with Crippen LogP contribution in [0.2, 0.25) is 0 Å². The van der Waals surface area contributed by atoms with E-state index in [1.807, 2.05) is 38.1 Å². The Labute approximate surface area is 181 Å². The van der Waals surface area contributed by atoms with Crippen molar-refractivity contribution in [3.05, 3.63) is 70.8 Å². The summed E-state index contributed by atoms with van der Waals surface area (Å²) < 4.78 is 11.9. The molecule has 2 aromatic rings. The lowest BCUT2D eigenvalue weighted by atomic mass is 9.78. The fourth-order valence-corrected chi connectivity index (χ4v) is 6.01. The van der Waals surface area contributed by atoms with Crippen molar-refractivity contribution < 1.29 is 23.9 Å². The van der Waals surface area contributed by atoms with E-state index in [0.717, 1.165) is 24.0 Å². The molecule has 5 nitrogen and oxygen atoms in total. The largest absolute Gasteiger partial charge is 0.455 e. The average molecular weight is 418 g/mol. The monoisotopic (exact) mass is 418 g/mol. The highest BCUT2D eigenvalue weighted by atomic mass is 16.6. The fraction of sp³-hybridized carbons (Fsp3) is 0.423. The summed E-state index contributed by atoms with van der Waals surface area (Å²) in [6.45, 7) is 3.85. The molecule has 3 aliphatic carbocycles. The van der Waals surface area contributed by atoms with Gasteiger partial charge in [0.2, 0.25) is 0 Å². The van der Waals surface area contributed by atoms with Gasteiger partial charge in [-0.1, -0.05) is 35.4 Å². The number of fused-ring (bicyclic) bond motifs is 5. The number of benzene rings is 2. The Bertz CT molecular complexity index is 1060. The standard InChI is InChI=1S/C26H26O5/c1-14-5-3-7-16(11-14)25(28)30-23-19-13-20(22-18(19)9-10-21(22)27)24(23)31-26(29)17-8-4-6-15(2)12-17/h3-8,11-12,18-20,22-24H,9-10,13H2,1-2H3. The number of esters is 2. The number of hydrogen-bond acceptors (Lipinski definition) is 5. The number of aryl methyl sites for hydroxylation is 2. The third kappa shape index (κ3) is 3.46. The van der Waals surface area contributed by atoms with E-state index in [2.05, 4.69) is 0 Å². The molecule has 0 spiro atoms. The highest BCUT2D eigenvalue weighted by molar-refractivity contribution is 5.91. The predicted octanol–water partition coefficient (Wildman–Crippen LogP) is 4.30. The number of carbonyl (C=O) groups is 3. The van der Waals surface area contributed by atoms with Crippen LogP contribution in [0.1, 0.15) is 51.1 Å². The number of ether oxygens (including phenoxy) is 2. The molecular weight excluding hydrogens is 392 g/mol. The number of carbonyl (C=O) groups excluding carboxylic acids is 3. The lowest BCUT2D eigenvalue weighted by Crippen LogP contribution is -2.46. The summed E-state index contributed by atoms with van der Waals surface area (Å²) in [5, 5.41) is 0. The second-order valence-electron chi connectivity index (χ2n) is 9.24. The van der Waals surface area contributed by atoms with Crippen molar-refractivity contribution in [2.24, 2.45) is 23.7 Å². The third-order valence-electron chi connectivity index (χ3n) is 7.27. The second-order valence-corrected chi connectivity index (χ2v) is 9.24. The van der Waals surface area contributed by atoms with Gasteiger partial charge in [0.1, 0.15) is 18.0 Å². The molecule has 0 saturated heterocycles. The molecule has 0 aromatic heterocycles. The van der Waals surface area contributed by atoms with E-state index in [4.69, 9.17) is 9.47 Å². The molecule has 0 N–H and O–H groups in total. The second kappa shape index (κ2) is 7.63. The number of rotatable bonds is 4. The lowest BCUT2D eigenvalue weighted by molar-refractivity contribution is -0.127. The Kier molecular flexibility index (Phi) is 4.92. The molecule has 31 heavy (non-hydrogen) atoms. The molecule has 3 fully saturated rings. The van der Waals surface area contributed by atoms with Gasteiger partial charge in [0.05, 0.1) is 11.1 Å². The Morgan fingerprint density at radius 3 is 1.90 bits per heavy atom. The minimum Gasteiger partial charge on any atom is -0.455 e. The van der Waals surface area contributed by atoms with E-state index in [9.17, 15) is 14.4 Å². The summed E-state index contributed by atoms with van der Waals surface area (Å²) in [6, 6.07) is 14.5. The first-order valence-electron chi connectivity index (χ1n) is 11.0. The summed E-state index contributed by atoms with van der Waals surface area (Å²) in [5.74, 6) is -0.438. The van der Waals surface area contributed by atoms with Gasteiger partial charge in [-0.3, -0.25) is 4.79 Å². The zero-order valence-electron chi connectivity index (χ0n) is 17.7. The summed E-state index contributed by atoms with van der Waals surface area (Å²) in [4.78, 5) is 38.3. The van der Waals surface area contributed by atoms with Crippen LogP contribution in [0.25, 0.3) is 0 Å². The van der Waals surface area contributed by atoms with Crippen LogP contribution in [-0.2, 0) is 14.3 Å². The van der Waals surface area contributed by atoms with Crippen molar-refractivity contribution in [3.8, 4) is 0 Å². The average Bonchev–Trinajstić information content (AvgIpc) is 3.41. The van der Waals surface area contributed by atoms with E-state index in [0.29, 0.717) is 17.5 Å². The normalized spacial score (nSPS) is 30.8. The maximum Gasteiger partial charge on any atom is 0.338 e. The Hall–Kier alpha value is -2.95. The van der Waals surface area contributed by atoms with Gasteiger partial charge in [0.15, 0.2) is 0 Å². The Balaban J connectivity index is 1.41. The highest BCUT2D eigenvalue weighted by Crippen LogP contribution is 2.59. The quantitative estimate of drug-likeness (QED) is 0.693. The molecule has 6 atom stereocenters.